The predicted molar refractivity (Wildman–Crippen MR) is 119 cm³/mol. The van der Waals surface area contributed by atoms with Crippen molar-refractivity contribution in [1.82, 2.24) is 15.2 Å². The smallest absolute Gasteiger partial charge is 0.324 e. The number of amides is 4. The lowest BCUT2D eigenvalue weighted by Crippen LogP contribution is -2.34. The minimum Gasteiger partial charge on any atom is -0.493 e. The van der Waals surface area contributed by atoms with Crippen molar-refractivity contribution in [2.24, 2.45) is 0 Å². The molecule has 0 aliphatic carbocycles. The molecule has 3 aromatic rings. The van der Waals surface area contributed by atoms with Crippen molar-refractivity contribution in [3.63, 3.8) is 0 Å². The van der Waals surface area contributed by atoms with E-state index in [2.05, 4.69) is 15.6 Å². The number of aromatic amines is 1. The SMILES string of the molecule is COc1ccc(CCN2C(=O)NC(CC(=O)Nc3ccc4[nH]ccc4c3)C2=O)cc1OC. The minimum absolute atomic E-state index is 0.136. The average molecular weight is 436 g/mol. The number of nitrogens with one attached hydrogen (secondary N) is 3. The van der Waals surface area contributed by atoms with Gasteiger partial charge in [0, 0.05) is 29.3 Å². The van der Waals surface area contributed by atoms with Crippen molar-refractivity contribution < 1.29 is 23.9 Å². The molecule has 1 atom stereocenters. The van der Waals surface area contributed by atoms with E-state index in [0.717, 1.165) is 21.4 Å². The molecule has 9 heteroatoms. The molecule has 1 aromatic heterocycles. The lowest BCUT2D eigenvalue weighted by Gasteiger charge is -2.14. The van der Waals surface area contributed by atoms with Gasteiger partial charge in [0.1, 0.15) is 6.04 Å². The molecule has 0 saturated carbocycles. The molecule has 2 aromatic carbocycles. The van der Waals surface area contributed by atoms with Crippen LogP contribution < -0.4 is 20.1 Å². The lowest BCUT2D eigenvalue weighted by molar-refractivity contribution is -0.129. The zero-order valence-electron chi connectivity index (χ0n) is 17.8. The van der Waals surface area contributed by atoms with Crippen molar-refractivity contribution in [3.8, 4) is 11.5 Å². The van der Waals surface area contributed by atoms with Gasteiger partial charge in [-0.25, -0.2) is 4.79 Å². The summed E-state index contributed by atoms with van der Waals surface area (Å²) in [7, 11) is 3.10. The van der Waals surface area contributed by atoms with E-state index in [1.165, 1.54) is 0 Å². The molecule has 0 spiro atoms. The Balaban J connectivity index is 1.34. The van der Waals surface area contributed by atoms with Gasteiger partial charge in [0.25, 0.3) is 5.91 Å². The first-order valence-electron chi connectivity index (χ1n) is 10.2. The van der Waals surface area contributed by atoms with Gasteiger partial charge in [-0.2, -0.15) is 0 Å². The topological polar surface area (TPSA) is 113 Å². The number of anilines is 1. The third-order valence-corrected chi connectivity index (χ3v) is 5.41. The largest absolute Gasteiger partial charge is 0.493 e. The summed E-state index contributed by atoms with van der Waals surface area (Å²) in [6, 6.07) is 11.4. The highest BCUT2D eigenvalue weighted by Crippen LogP contribution is 2.28. The number of fused-ring (bicyclic) bond motifs is 1. The normalized spacial score (nSPS) is 15.7. The summed E-state index contributed by atoms with van der Waals surface area (Å²) in [5.74, 6) is 0.425. The maximum atomic E-state index is 12.7. The molecule has 3 N–H and O–H groups in total. The monoisotopic (exact) mass is 436 g/mol. The van der Waals surface area contributed by atoms with Gasteiger partial charge < -0.3 is 25.1 Å². The lowest BCUT2D eigenvalue weighted by atomic mass is 10.1. The van der Waals surface area contributed by atoms with Gasteiger partial charge in [-0.1, -0.05) is 6.07 Å². The number of carbonyl (C=O) groups excluding carboxylic acids is 3. The van der Waals surface area contributed by atoms with Crippen LogP contribution >= 0.6 is 0 Å². The van der Waals surface area contributed by atoms with Crippen LogP contribution in [0.5, 0.6) is 11.5 Å². The third-order valence-electron chi connectivity index (χ3n) is 5.41. The van der Waals surface area contributed by atoms with Crippen molar-refractivity contribution in [2.75, 3.05) is 26.1 Å². The first kappa shape index (κ1) is 21.2. The Morgan fingerprint density at radius 1 is 1.06 bits per heavy atom. The molecule has 0 radical (unpaired) electrons. The molecule has 32 heavy (non-hydrogen) atoms. The van der Waals surface area contributed by atoms with E-state index in [4.69, 9.17) is 9.47 Å². The number of urea groups is 1. The van der Waals surface area contributed by atoms with Crippen molar-refractivity contribution in [1.29, 1.82) is 0 Å². The van der Waals surface area contributed by atoms with Crippen LogP contribution in [0.15, 0.2) is 48.7 Å². The summed E-state index contributed by atoms with van der Waals surface area (Å²) >= 11 is 0. The first-order valence-corrected chi connectivity index (χ1v) is 10.2. The maximum Gasteiger partial charge on any atom is 0.324 e. The first-order chi connectivity index (χ1) is 15.5. The van der Waals surface area contributed by atoms with Crippen molar-refractivity contribution >= 4 is 34.4 Å². The van der Waals surface area contributed by atoms with Gasteiger partial charge in [-0.05, 0) is 48.4 Å². The van der Waals surface area contributed by atoms with Crippen LogP contribution in [0.1, 0.15) is 12.0 Å². The zero-order chi connectivity index (χ0) is 22.7. The van der Waals surface area contributed by atoms with Gasteiger partial charge in [-0.3, -0.25) is 14.5 Å². The van der Waals surface area contributed by atoms with E-state index in [9.17, 15) is 14.4 Å². The van der Waals surface area contributed by atoms with Crippen LogP contribution in [-0.2, 0) is 16.0 Å². The molecule has 1 aliphatic heterocycles. The Morgan fingerprint density at radius 3 is 2.66 bits per heavy atom. The molecule has 4 amide bonds. The Hall–Kier alpha value is -4.01. The average Bonchev–Trinajstić information content (AvgIpc) is 3.35. The zero-order valence-corrected chi connectivity index (χ0v) is 17.8. The summed E-state index contributed by atoms with van der Waals surface area (Å²) in [5.41, 5.74) is 2.49. The summed E-state index contributed by atoms with van der Waals surface area (Å²) in [6.45, 7) is 0.197. The molecule has 4 rings (SSSR count). The van der Waals surface area contributed by atoms with Gasteiger partial charge >= 0.3 is 6.03 Å². The van der Waals surface area contributed by atoms with E-state index < -0.39 is 18.0 Å². The summed E-state index contributed by atoms with van der Waals surface area (Å²) in [5, 5.41) is 6.35. The Kier molecular flexibility index (Phi) is 5.98. The second-order valence-electron chi connectivity index (χ2n) is 7.46. The molecular weight excluding hydrogens is 412 g/mol. The summed E-state index contributed by atoms with van der Waals surface area (Å²) in [6.07, 6.45) is 2.14. The fourth-order valence-electron chi connectivity index (χ4n) is 3.73. The van der Waals surface area contributed by atoms with Crippen LogP contribution in [0.4, 0.5) is 10.5 Å². The third kappa shape index (κ3) is 4.36. The Morgan fingerprint density at radius 2 is 1.88 bits per heavy atom. The maximum absolute atomic E-state index is 12.7. The van der Waals surface area contributed by atoms with E-state index in [0.29, 0.717) is 23.6 Å². The number of rotatable bonds is 8. The second kappa shape index (κ2) is 9.01. The van der Waals surface area contributed by atoms with Gasteiger partial charge in [0.05, 0.1) is 20.6 Å². The number of nitrogens with zero attached hydrogens (tertiary/aromatic N) is 1. The van der Waals surface area contributed by atoms with Gasteiger partial charge in [-0.15, -0.1) is 0 Å². The standard InChI is InChI=1S/C23H24N4O5/c1-31-19-6-3-14(11-20(19)32-2)8-10-27-22(29)18(26-23(27)30)13-21(28)25-16-4-5-17-15(12-16)7-9-24-17/h3-7,9,11-12,18,24H,8,10,13H2,1-2H3,(H,25,28)(H,26,30). The highest BCUT2D eigenvalue weighted by atomic mass is 16.5. The van der Waals surface area contributed by atoms with Crippen molar-refractivity contribution in [2.45, 2.75) is 18.9 Å². The molecule has 1 unspecified atom stereocenters. The summed E-state index contributed by atoms with van der Waals surface area (Å²) in [4.78, 5) is 41.7. The molecule has 1 saturated heterocycles. The van der Waals surface area contributed by atoms with Crippen molar-refractivity contribution in [3.05, 3.63) is 54.2 Å². The van der Waals surface area contributed by atoms with E-state index in [1.807, 2.05) is 36.5 Å². The van der Waals surface area contributed by atoms with Crippen LogP contribution in [0, 0.1) is 0 Å². The number of hydrogen-bond donors (Lipinski definition) is 3. The minimum atomic E-state index is -0.885. The number of aromatic nitrogens is 1. The Labute approximate surface area is 184 Å². The van der Waals surface area contributed by atoms with Crippen LogP contribution in [0.25, 0.3) is 10.9 Å². The highest BCUT2D eigenvalue weighted by molar-refractivity contribution is 6.07. The van der Waals surface area contributed by atoms with Crippen LogP contribution in [-0.4, -0.2) is 54.5 Å². The number of carbonyl (C=O) groups is 3. The van der Waals surface area contributed by atoms with E-state index >= 15 is 0 Å². The molecule has 1 aliphatic rings. The number of ether oxygens (including phenoxy) is 2. The number of imide groups is 1. The van der Waals surface area contributed by atoms with E-state index in [1.54, 1.807) is 26.4 Å². The highest BCUT2D eigenvalue weighted by Gasteiger charge is 2.38. The number of benzene rings is 2. The molecule has 0 bridgehead atoms. The van der Waals surface area contributed by atoms with E-state index in [-0.39, 0.29) is 18.9 Å². The number of hydrogen-bond acceptors (Lipinski definition) is 5. The van der Waals surface area contributed by atoms with Crippen LogP contribution in [0.3, 0.4) is 0 Å². The van der Waals surface area contributed by atoms with Gasteiger partial charge in [0.2, 0.25) is 5.91 Å². The van der Waals surface area contributed by atoms with Crippen LogP contribution in [0.2, 0.25) is 0 Å². The number of methoxy groups -OCH3 is 2. The second-order valence-corrected chi connectivity index (χ2v) is 7.46. The fraction of sp³-hybridized carbons (Fsp3) is 0.261. The molecular formula is C23H24N4O5. The van der Waals surface area contributed by atoms with Gasteiger partial charge in [0.15, 0.2) is 11.5 Å². The molecule has 166 valence electrons. The molecule has 2 heterocycles. The molecule has 1 fully saturated rings. The predicted octanol–water partition coefficient (Wildman–Crippen LogP) is 2.68. The Bertz CT molecular complexity index is 1170. The quantitative estimate of drug-likeness (QED) is 0.470. The fourth-order valence-corrected chi connectivity index (χ4v) is 3.73. The number of H-pyrrole nitrogens is 1. The summed E-state index contributed by atoms with van der Waals surface area (Å²) < 4.78 is 10.5. The molecule has 9 nitrogen and oxygen atoms in total.